The number of fused-ring (bicyclic) bond motifs is 2. The normalized spacial score (nSPS) is 12.4. The van der Waals surface area contributed by atoms with Gasteiger partial charge in [-0.05, 0) is 35.9 Å². The van der Waals surface area contributed by atoms with Crippen LogP contribution in [0.15, 0.2) is 48.5 Å². The van der Waals surface area contributed by atoms with E-state index >= 15 is 0 Å². The van der Waals surface area contributed by atoms with Crippen molar-refractivity contribution in [1.82, 2.24) is 10.3 Å². The molecule has 1 aliphatic heterocycles. The number of esters is 1. The Hall–Kier alpha value is -3.39. The van der Waals surface area contributed by atoms with Gasteiger partial charge in [0.05, 0.1) is 10.2 Å². The summed E-state index contributed by atoms with van der Waals surface area (Å²) in [6.07, 6.45) is 2.85. The van der Waals surface area contributed by atoms with Crippen LogP contribution in [0.2, 0.25) is 0 Å². The molecule has 1 N–H and O–H groups in total. The summed E-state index contributed by atoms with van der Waals surface area (Å²) < 4.78 is 16.5. The highest BCUT2D eigenvalue weighted by Gasteiger charge is 2.13. The van der Waals surface area contributed by atoms with E-state index in [1.54, 1.807) is 18.2 Å². The maximum Gasteiger partial charge on any atom is 0.331 e. The smallest absolute Gasteiger partial charge is 0.331 e. The van der Waals surface area contributed by atoms with E-state index in [0.717, 1.165) is 15.8 Å². The summed E-state index contributed by atoms with van der Waals surface area (Å²) in [5.41, 5.74) is 1.74. The van der Waals surface area contributed by atoms with E-state index in [4.69, 9.17) is 14.2 Å². The summed E-state index contributed by atoms with van der Waals surface area (Å²) in [6.45, 7) is 0.147. The first-order valence-corrected chi connectivity index (χ1v) is 9.35. The lowest BCUT2D eigenvalue weighted by atomic mass is 10.2. The first-order chi connectivity index (χ1) is 13.7. The molecular formula is C20H16N2O5S. The molecular weight excluding hydrogens is 380 g/mol. The third-order valence-electron chi connectivity index (χ3n) is 3.94. The second-order valence-corrected chi connectivity index (χ2v) is 6.99. The molecule has 0 aliphatic carbocycles. The Morgan fingerprint density at radius 3 is 2.93 bits per heavy atom. The van der Waals surface area contributed by atoms with Crippen molar-refractivity contribution in [2.24, 2.45) is 0 Å². The van der Waals surface area contributed by atoms with Gasteiger partial charge in [0.25, 0.3) is 5.91 Å². The van der Waals surface area contributed by atoms with Crippen molar-refractivity contribution < 1.29 is 23.8 Å². The van der Waals surface area contributed by atoms with Gasteiger partial charge in [0.2, 0.25) is 6.79 Å². The maximum atomic E-state index is 11.9. The minimum atomic E-state index is -0.600. The SMILES string of the molecule is O=C(COC(=O)C=Cc1nc2ccccc2s1)NCc1ccc2c(c1)OCO2. The molecule has 8 heteroatoms. The van der Waals surface area contributed by atoms with Crippen LogP contribution in [0.4, 0.5) is 0 Å². The van der Waals surface area contributed by atoms with Crippen LogP contribution in [0, 0.1) is 0 Å². The Bertz CT molecular complexity index is 1030. The summed E-state index contributed by atoms with van der Waals surface area (Å²) in [7, 11) is 0. The highest BCUT2D eigenvalue weighted by atomic mass is 32.1. The fourth-order valence-corrected chi connectivity index (χ4v) is 3.46. The van der Waals surface area contributed by atoms with E-state index < -0.39 is 5.97 Å². The lowest BCUT2D eigenvalue weighted by Crippen LogP contribution is -2.28. The number of rotatable bonds is 6. The van der Waals surface area contributed by atoms with Crippen molar-refractivity contribution in [3.63, 3.8) is 0 Å². The van der Waals surface area contributed by atoms with Gasteiger partial charge in [0.15, 0.2) is 18.1 Å². The van der Waals surface area contributed by atoms with Gasteiger partial charge in [-0.3, -0.25) is 4.79 Å². The summed E-state index contributed by atoms with van der Waals surface area (Å²) >= 11 is 1.47. The number of nitrogens with zero attached hydrogens (tertiary/aromatic N) is 1. The van der Waals surface area contributed by atoms with Gasteiger partial charge in [-0.2, -0.15) is 0 Å². The Labute approximate surface area is 164 Å². The first-order valence-electron chi connectivity index (χ1n) is 8.53. The van der Waals surface area contributed by atoms with Crippen LogP contribution in [0.25, 0.3) is 16.3 Å². The van der Waals surface area contributed by atoms with Crippen molar-refractivity contribution in [2.75, 3.05) is 13.4 Å². The molecule has 142 valence electrons. The molecule has 0 saturated carbocycles. The molecule has 0 saturated heterocycles. The molecule has 0 unspecified atom stereocenters. The quantitative estimate of drug-likeness (QED) is 0.509. The summed E-state index contributed by atoms with van der Waals surface area (Å²) in [4.78, 5) is 28.1. The van der Waals surface area contributed by atoms with Gasteiger partial charge in [-0.1, -0.05) is 18.2 Å². The van der Waals surface area contributed by atoms with Crippen LogP contribution >= 0.6 is 11.3 Å². The number of nitrogens with one attached hydrogen (secondary N) is 1. The maximum absolute atomic E-state index is 11.9. The molecule has 4 rings (SSSR count). The number of benzene rings is 2. The minimum absolute atomic E-state index is 0.200. The van der Waals surface area contributed by atoms with E-state index in [2.05, 4.69) is 10.3 Å². The van der Waals surface area contributed by atoms with Gasteiger partial charge in [0.1, 0.15) is 5.01 Å². The molecule has 0 fully saturated rings. The number of carbonyl (C=O) groups is 2. The molecule has 0 atom stereocenters. The number of ether oxygens (including phenoxy) is 3. The second-order valence-electron chi connectivity index (χ2n) is 5.93. The molecule has 1 amide bonds. The van der Waals surface area contributed by atoms with Crippen molar-refractivity contribution in [1.29, 1.82) is 0 Å². The van der Waals surface area contributed by atoms with E-state index in [1.807, 2.05) is 30.3 Å². The zero-order valence-corrected chi connectivity index (χ0v) is 15.5. The third kappa shape index (κ3) is 4.29. The molecule has 2 aromatic carbocycles. The Kier molecular flexibility index (Phi) is 5.20. The van der Waals surface area contributed by atoms with E-state index in [9.17, 15) is 9.59 Å². The zero-order chi connectivity index (χ0) is 19.3. The first kappa shape index (κ1) is 18.0. The topological polar surface area (TPSA) is 86.8 Å². The molecule has 28 heavy (non-hydrogen) atoms. The predicted molar refractivity (Wildman–Crippen MR) is 104 cm³/mol. The van der Waals surface area contributed by atoms with E-state index in [-0.39, 0.29) is 19.3 Å². The monoisotopic (exact) mass is 396 g/mol. The van der Waals surface area contributed by atoms with Crippen LogP contribution in [0.3, 0.4) is 0 Å². The van der Waals surface area contributed by atoms with Crippen molar-refractivity contribution in [3.8, 4) is 11.5 Å². The standard InChI is InChI=1S/C20H16N2O5S/c23-18(21-10-13-5-6-15-16(9-13)27-12-26-15)11-25-20(24)8-7-19-22-14-3-1-2-4-17(14)28-19/h1-9H,10-12H2,(H,21,23). The Morgan fingerprint density at radius 1 is 1.18 bits per heavy atom. The number of thiazole rings is 1. The van der Waals surface area contributed by atoms with Gasteiger partial charge in [0, 0.05) is 12.6 Å². The van der Waals surface area contributed by atoms with Crippen LogP contribution in [-0.4, -0.2) is 30.3 Å². The predicted octanol–water partition coefficient (Wildman–Crippen LogP) is 2.90. The van der Waals surface area contributed by atoms with Gasteiger partial charge in [-0.15, -0.1) is 11.3 Å². The second kappa shape index (κ2) is 8.10. The number of amides is 1. The minimum Gasteiger partial charge on any atom is -0.454 e. The zero-order valence-electron chi connectivity index (χ0n) is 14.7. The lowest BCUT2D eigenvalue weighted by Gasteiger charge is -2.06. The highest BCUT2D eigenvalue weighted by Crippen LogP contribution is 2.32. The molecule has 2 heterocycles. The number of aromatic nitrogens is 1. The third-order valence-corrected chi connectivity index (χ3v) is 4.95. The molecule has 7 nitrogen and oxygen atoms in total. The number of hydrogen-bond donors (Lipinski definition) is 1. The Morgan fingerprint density at radius 2 is 2.04 bits per heavy atom. The average Bonchev–Trinajstić information content (AvgIpc) is 3.34. The van der Waals surface area contributed by atoms with Crippen LogP contribution in [-0.2, 0) is 20.9 Å². The number of para-hydroxylation sites is 1. The molecule has 0 bridgehead atoms. The molecule has 1 aliphatic rings. The van der Waals surface area contributed by atoms with E-state index in [1.165, 1.54) is 17.4 Å². The summed E-state index contributed by atoms with van der Waals surface area (Å²) in [6, 6.07) is 13.1. The molecule has 0 radical (unpaired) electrons. The van der Waals surface area contributed by atoms with Gasteiger partial charge >= 0.3 is 5.97 Å². The Balaban J connectivity index is 1.23. The van der Waals surface area contributed by atoms with Crippen molar-refractivity contribution >= 4 is 39.5 Å². The number of carbonyl (C=O) groups excluding carboxylic acids is 2. The van der Waals surface area contributed by atoms with E-state index in [0.29, 0.717) is 23.1 Å². The fraction of sp³-hybridized carbons (Fsp3) is 0.150. The fourth-order valence-electron chi connectivity index (χ4n) is 2.59. The largest absolute Gasteiger partial charge is 0.454 e. The average molecular weight is 396 g/mol. The van der Waals surface area contributed by atoms with Crippen LogP contribution in [0.1, 0.15) is 10.6 Å². The highest BCUT2D eigenvalue weighted by molar-refractivity contribution is 7.19. The van der Waals surface area contributed by atoms with Gasteiger partial charge in [-0.25, -0.2) is 9.78 Å². The van der Waals surface area contributed by atoms with Crippen LogP contribution < -0.4 is 14.8 Å². The molecule has 0 spiro atoms. The summed E-state index contributed by atoms with van der Waals surface area (Å²) in [5.74, 6) is 0.346. The summed E-state index contributed by atoms with van der Waals surface area (Å²) in [5, 5.41) is 3.39. The van der Waals surface area contributed by atoms with Crippen molar-refractivity contribution in [2.45, 2.75) is 6.54 Å². The molecule has 1 aromatic heterocycles. The van der Waals surface area contributed by atoms with Crippen LogP contribution in [0.5, 0.6) is 11.5 Å². The van der Waals surface area contributed by atoms with Crippen molar-refractivity contribution in [3.05, 3.63) is 59.1 Å². The lowest BCUT2D eigenvalue weighted by molar-refractivity contribution is -0.143. The number of hydrogen-bond acceptors (Lipinski definition) is 7. The molecule has 3 aromatic rings. The van der Waals surface area contributed by atoms with Gasteiger partial charge < -0.3 is 19.5 Å².